The van der Waals surface area contributed by atoms with Gasteiger partial charge in [-0.2, -0.15) is 0 Å². The number of H-pyrrole nitrogens is 1. The minimum absolute atomic E-state index is 0.183. The third-order valence-corrected chi connectivity index (χ3v) is 5.67. The minimum atomic E-state index is -0.609. The van der Waals surface area contributed by atoms with Gasteiger partial charge in [-0.15, -0.1) is 11.3 Å². The van der Waals surface area contributed by atoms with Crippen LogP contribution in [0.5, 0.6) is 16.6 Å². The molecule has 0 fully saturated rings. The summed E-state index contributed by atoms with van der Waals surface area (Å²) in [5, 5.41) is 9.33. The molecular weight excluding hydrogens is 430 g/mol. The van der Waals surface area contributed by atoms with Crippen LogP contribution >= 0.6 is 11.3 Å². The normalized spacial score (nSPS) is 11.7. The maximum Gasteiger partial charge on any atom is 0.414 e. The molecule has 9 nitrogen and oxygen atoms in total. The molecule has 1 aromatic carbocycles. The highest BCUT2D eigenvalue weighted by atomic mass is 32.1. The van der Waals surface area contributed by atoms with Crippen molar-refractivity contribution in [2.45, 2.75) is 6.04 Å². The Morgan fingerprint density at radius 3 is 2.78 bits per heavy atom. The molecule has 1 amide bonds. The van der Waals surface area contributed by atoms with Crippen molar-refractivity contribution in [3.63, 3.8) is 0 Å². The number of thiophene rings is 1. The van der Waals surface area contributed by atoms with Crippen molar-refractivity contribution in [2.24, 2.45) is 5.73 Å². The number of amides is 1. The summed E-state index contributed by atoms with van der Waals surface area (Å²) in [4.78, 5) is 20.0. The standard InChI is InChI=1S/C22H23N5O4S/c1-29-18-4-3-13(11-19(18)30-2)17(12-23)27-22(28)31-21-16(7-10-32-21)26-15-6-9-25-20-14(15)5-8-24-20/h3-11,17H,12,23H2,1-2H3,(H,27,28)(H2,24,25,26). The molecule has 4 aromatic rings. The molecule has 3 heterocycles. The van der Waals surface area contributed by atoms with E-state index in [1.54, 1.807) is 32.5 Å². The molecule has 0 aliphatic heterocycles. The fourth-order valence-electron chi connectivity index (χ4n) is 3.29. The van der Waals surface area contributed by atoms with Gasteiger partial charge >= 0.3 is 6.09 Å². The van der Waals surface area contributed by atoms with Crippen molar-refractivity contribution < 1.29 is 19.0 Å². The van der Waals surface area contributed by atoms with Gasteiger partial charge in [0.2, 0.25) is 5.06 Å². The predicted octanol–water partition coefficient (Wildman–Crippen LogP) is 4.17. The van der Waals surface area contributed by atoms with Gasteiger partial charge in [-0.3, -0.25) is 0 Å². The first-order chi connectivity index (χ1) is 15.6. The van der Waals surface area contributed by atoms with E-state index in [4.69, 9.17) is 19.9 Å². The summed E-state index contributed by atoms with van der Waals surface area (Å²) in [6, 6.07) is 10.5. The van der Waals surface area contributed by atoms with E-state index in [1.165, 1.54) is 11.3 Å². The van der Waals surface area contributed by atoms with Gasteiger partial charge in [-0.25, -0.2) is 9.78 Å². The molecule has 0 spiro atoms. The lowest BCUT2D eigenvalue weighted by Gasteiger charge is -2.18. The molecule has 10 heteroatoms. The van der Waals surface area contributed by atoms with Crippen molar-refractivity contribution in [3.8, 4) is 16.6 Å². The number of rotatable bonds is 8. The minimum Gasteiger partial charge on any atom is -0.493 e. The van der Waals surface area contributed by atoms with Crippen LogP contribution < -0.4 is 30.6 Å². The largest absolute Gasteiger partial charge is 0.493 e. The number of methoxy groups -OCH3 is 2. The number of aromatic nitrogens is 2. The Kier molecular flexibility index (Phi) is 6.43. The Bertz CT molecular complexity index is 1220. The second-order valence-electron chi connectivity index (χ2n) is 6.78. The summed E-state index contributed by atoms with van der Waals surface area (Å²) in [6.45, 7) is 0.183. The number of anilines is 2. The highest BCUT2D eigenvalue weighted by Gasteiger charge is 2.19. The molecule has 0 saturated heterocycles. The molecule has 166 valence electrons. The Morgan fingerprint density at radius 1 is 1.16 bits per heavy atom. The molecule has 0 saturated carbocycles. The predicted molar refractivity (Wildman–Crippen MR) is 124 cm³/mol. The van der Waals surface area contributed by atoms with Gasteiger partial charge in [0, 0.05) is 24.3 Å². The van der Waals surface area contributed by atoms with E-state index >= 15 is 0 Å². The van der Waals surface area contributed by atoms with E-state index in [9.17, 15) is 4.79 Å². The van der Waals surface area contributed by atoms with Crippen LogP contribution in [0.15, 0.2) is 54.2 Å². The van der Waals surface area contributed by atoms with E-state index in [1.807, 2.05) is 35.8 Å². The first-order valence-corrected chi connectivity index (χ1v) is 10.7. The molecule has 0 radical (unpaired) electrons. The number of nitrogens with one attached hydrogen (secondary N) is 3. The number of nitrogens with two attached hydrogens (primary N) is 1. The van der Waals surface area contributed by atoms with Crippen molar-refractivity contribution in [1.29, 1.82) is 0 Å². The Morgan fingerprint density at radius 2 is 2.00 bits per heavy atom. The molecule has 5 N–H and O–H groups in total. The van der Waals surface area contributed by atoms with Crippen molar-refractivity contribution >= 4 is 39.8 Å². The molecule has 1 atom stereocenters. The van der Waals surface area contributed by atoms with Crippen LogP contribution in [0.4, 0.5) is 16.2 Å². The van der Waals surface area contributed by atoms with Crippen molar-refractivity contribution in [1.82, 2.24) is 15.3 Å². The van der Waals surface area contributed by atoms with Gasteiger partial charge in [0.05, 0.1) is 31.6 Å². The fourth-order valence-corrected chi connectivity index (χ4v) is 3.98. The van der Waals surface area contributed by atoms with Crippen LogP contribution in [0.25, 0.3) is 11.0 Å². The first-order valence-electron chi connectivity index (χ1n) is 9.80. The number of hydrogen-bond donors (Lipinski definition) is 4. The number of nitrogens with zero attached hydrogens (tertiary/aromatic N) is 1. The highest BCUT2D eigenvalue weighted by molar-refractivity contribution is 7.12. The fraction of sp³-hybridized carbons (Fsp3) is 0.182. The van der Waals surface area contributed by atoms with Crippen LogP contribution in [0.3, 0.4) is 0 Å². The quantitative estimate of drug-likeness (QED) is 0.316. The maximum atomic E-state index is 12.6. The van der Waals surface area contributed by atoms with E-state index in [-0.39, 0.29) is 6.54 Å². The van der Waals surface area contributed by atoms with Crippen LogP contribution in [-0.4, -0.2) is 36.8 Å². The molecular formula is C22H23N5O4S. The zero-order valence-electron chi connectivity index (χ0n) is 17.5. The molecule has 4 rings (SSSR count). The monoisotopic (exact) mass is 453 g/mol. The SMILES string of the molecule is COc1ccc(C(CN)NC(=O)Oc2sccc2Nc2ccnc3[nH]ccc23)cc1OC. The number of ether oxygens (including phenoxy) is 3. The van der Waals surface area contributed by atoms with Crippen LogP contribution in [-0.2, 0) is 0 Å². The van der Waals surface area contributed by atoms with E-state index in [2.05, 4.69) is 20.6 Å². The molecule has 1 unspecified atom stereocenters. The zero-order valence-corrected chi connectivity index (χ0v) is 18.4. The van der Waals surface area contributed by atoms with Gasteiger partial charge < -0.3 is 35.6 Å². The summed E-state index contributed by atoms with van der Waals surface area (Å²) >= 11 is 1.31. The van der Waals surface area contributed by atoms with Gasteiger partial charge in [0.25, 0.3) is 0 Å². The lowest BCUT2D eigenvalue weighted by atomic mass is 10.1. The average Bonchev–Trinajstić information content (AvgIpc) is 3.47. The smallest absolute Gasteiger partial charge is 0.414 e. The number of fused-ring (bicyclic) bond motifs is 1. The molecule has 32 heavy (non-hydrogen) atoms. The Hall–Kier alpha value is -3.76. The number of hydrogen-bond acceptors (Lipinski definition) is 8. The Labute approximate surface area is 188 Å². The Balaban J connectivity index is 1.47. The zero-order chi connectivity index (χ0) is 22.5. The van der Waals surface area contributed by atoms with Crippen LogP contribution in [0.1, 0.15) is 11.6 Å². The van der Waals surface area contributed by atoms with Gasteiger partial charge in [-0.1, -0.05) is 6.07 Å². The summed E-state index contributed by atoms with van der Waals surface area (Å²) in [7, 11) is 3.11. The number of aromatic amines is 1. The second kappa shape index (κ2) is 9.58. The lowest BCUT2D eigenvalue weighted by Crippen LogP contribution is -2.35. The lowest BCUT2D eigenvalue weighted by molar-refractivity contribution is 0.198. The first kappa shape index (κ1) is 21.5. The van der Waals surface area contributed by atoms with E-state index in [0.29, 0.717) is 22.2 Å². The molecule has 0 aliphatic carbocycles. The van der Waals surface area contributed by atoms with Crippen molar-refractivity contribution in [2.75, 3.05) is 26.1 Å². The van der Waals surface area contributed by atoms with E-state index < -0.39 is 12.1 Å². The summed E-state index contributed by atoms with van der Waals surface area (Å²) < 4.78 is 16.2. The van der Waals surface area contributed by atoms with Crippen LogP contribution in [0, 0.1) is 0 Å². The van der Waals surface area contributed by atoms with Gasteiger partial charge in [0.15, 0.2) is 11.5 Å². The summed E-state index contributed by atoms with van der Waals surface area (Å²) in [5.74, 6) is 1.15. The number of carbonyl (C=O) groups excluding carboxylic acids is 1. The van der Waals surface area contributed by atoms with Crippen LogP contribution in [0.2, 0.25) is 0 Å². The maximum absolute atomic E-state index is 12.6. The number of pyridine rings is 1. The third kappa shape index (κ3) is 4.46. The number of benzene rings is 1. The van der Waals surface area contributed by atoms with Crippen molar-refractivity contribution in [3.05, 3.63) is 59.7 Å². The highest BCUT2D eigenvalue weighted by Crippen LogP contribution is 2.35. The molecule has 0 aliphatic rings. The summed E-state index contributed by atoms with van der Waals surface area (Å²) in [6.07, 6.45) is 2.92. The van der Waals surface area contributed by atoms with Gasteiger partial charge in [0.1, 0.15) is 5.65 Å². The topological polar surface area (TPSA) is 124 Å². The average molecular weight is 454 g/mol. The second-order valence-corrected chi connectivity index (χ2v) is 7.66. The van der Waals surface area contributed by atoms with E-state index in [0.717, 1.165) is 22.3 Å². The summed E-state index contributed by atoms with van der Waals surface area (Å²) in [5.41, 5.74) is 8.98. The third-order valence-electron chi connectivity index (χ3n) is 4.88. The molecule has 3 aromatic heterocycles. The number of carbonyl (C=O) groups is 1. The van der Waals surface area contributed by atoms with Gasteiger partial charge in [-0.05, 0) is 41.3 Å². The molecule has 0 bridgehead atoms.